The van der Waals surface area contributed by atoms with Gasteiger partial charge in [0, 0.05) is 31.7 Å². The highest BCUT2D eigenvalue weighted by Crippen LogP contribution is 2.28. The fourth-order valence-electron chi connectivity index (χ4n) is 4.06. The first-order chi connectivity index (χ1) is 16.2. The van der Waals surface area contributed by atoms with Crippen LogP contribution in [-0.2, 0) is 6.54 Å². The van der Waals surface area contributed by atoms with Crippen molar-refractivity contribution in [3.63, 3.8) is 0 Å². The van der Waals surface area contributed by atoms with E-state index in [1.807, 2.05) is 53.4 Å². The van der Waals surface area contributed by atoms with Crippen molar-refractivity contribution >= 4 is 5.91 Å². The normalized spacial score (nSPS) is 16.9. The fraction of sp³-hybridized carbons (Fsp3) is 0.400. The maximum absolute atomic E-state index is 13.2. The van der Waals surface area contributed by atoms with Crippen molar-refractivity contribution in [2.45, 2.75) is 31.9 Å². The second-order valence-electron chi connectivity index (χ2n) is 8.48. The van der Waals surface area contributed by atoms with Crippen molar-refractivity contribution in [1.29, 1.82) is 0 Å². The Morgan fingerprint density at radius 1 is 1.06 bits per heavy atom. The molecule has 1 aliphatic carbocycles. The van der Waals surface area contributed by atoms with Gasteiger partial charge in [0.25, 0.3) is 5.91 Å². The number of amides is 1. The average Bonchev–Trinajstić information content (AvgIpc) is 3.30. The van der Waals surface area contributed by atoms with E-state index in [2.05, 4.69) is 15.0 Å². The van der Waals surface area contributed by atoms with Crippen molar-refractivity contribution in [3.05, 3.63) is 60.0 Å². The van der Waals surface area contributed by atoms with E-state index in [0.29, 0.717) is 42.7 Å². The second kappa shape index (κ2) is 9.62. The molecular formula is C25H28N4O4. The molecule has 3 aromatic rings. The molecule has 2 aromatic carbocycles. The number of carbonyl (C=O) groups excluding carboxylic acids is 1. The van der Waals surface area contributed by atoms with Crippen LogP contribution in [0.2, 0.25) is 0 Å². The van der Waals surface area contributed by atoms with E-state index in [9.17, 15) is 4.79 Å². The second-order valence-corrected chi connectivity index (χ2v) is 8.48. The molecule has 2 heterocycles. The minimum atomic E-state index is 0.0316. The van der Waals surface area contributed by atoms with Crippen LogP contribution in [0.15, 0.2) is 53.1 Å². The smallest absolute Gasteiger partial charge is 0.257 e. The van der Waals surface area contributed by atoms with E-state index < -0.39 is 0 Å². The van der Waals surface area contributed by atoms with Crippen molar-refractivity contribution in [3.8, 4) is 22.9 Å². The minimum absolute atomic E-state index is 0.0316. The largest absolute Gasteiger partial charge is 0.497 e. The number of methoxy groups -OCH3 is 1. The zero-order valence-corrected chi connectivity index (χ0v) is 18.8. The van der Waals surface area contributed by atoms with Crippen molar-refractivity contribution < 1.29 is 18.8 Å². The molecule has 0 bridgehead atoms. The number of rotatable bonds is 7. The van der Waals surface area contributed by atoms with Gasteiger partial charge in [0.2, 0.25) is 11.7 Å². The summed E-state index contributed by atoms with van der Waals surface area (Å²) in [6.45, 7) is 3.36. The van der Waals surface area contributed by atoms with E-state index in [1.165, 1.54) is 6.42 Å². The molecule has 0 spiro atoms. The number of hydrogen-bond donors (Lipinski definition) is 0. The van der Waals surface area contributed by atoms with E-state index in [0.717, 1.165) is 37.2 Å². The maximum Gasteiger partial charge on any atom is 0.257 e. The molecule has 0 atom stereocenters. The van der Waals surface area contributed by atoms with Crippen LogP contribution in [-0.4, -0.2) is 65.2 Å². The molecule has 8 heteroatoms. The van der Waals surface area contributed by atoms with Gasteiger partial charge in [-0.2, -0.15) is 4.98 Å². The zero-order valence-electron chi connectivity index (χ0n) is 18.8. The Bertz CT molecular complexity index is 1090. The summed E-state index contributed by atoms with van der Waals surface area (Å²) in [5, 5.41) is 4.10. The lowest BCUT2D eigenvalue weighted by atomic mass is 9.96. The minimum Gasteiger partial charge on any atom is -0.497 e. The molecule has 2 aliphatic rings. The summed E-state index contributed by atoms with van der Waals surface area (Å²) in [4.78, 5) is 21.8. The highest BCUT2D eigenvalue weighted by Gasteiger charge is 2.27. The molecule has 33 heavy (non-hydrogen) atoms. The van der Waals surface area contributed by atoms with Crippen LogP contribution in [0.25, 0.3) is 11.4 Å². The molecule has 172 valence electrons. The third-order valence-electron chi connectivity index (χ3n) is 6.30. The molecular weight excluding hydrogens is 420 g/mol. The standard InChI is InChI=1S/C25H28N4O4/c1-31-19-11-9-18(10-12-19)24-26-23(33-27-24)17-28-13-15-29(16-14-28)25(30)21-7-2-3-8-22(21)32-20-5-4-6-20/h2-3,7-12,20H,4-6,13-17H2,1H3. The Morgan fingerprint density at radius 2 is 1.82 bits per heavy atom. The molecule has 1 amide bonds. The summed E-state index contributed by atoms with van der Waals surface area (Å²) < 4.78 is 16.7. The first-order valence-corrected chi connectivity index (χ1v) is 11.4. The Morgan fingerprint density at radius 3 is 2.52 bits per heavy atom. The van der Waals surface area contributed by atoms with E-state index in [4.69, 9.17) is 14.0 Å². The topological polar surface area (TPSA) is 80.9 Å². The Labute approximate surface area is 193 Å². The molecule has 8 nitrogen and oxygen atoms in total. The fourth-order valence-corrected chi connectivity index (χ4v) is 4.06. The van der Waals surface area contributed by atoms with Gasteiger partial charge in [0.1, 0.15) is 11.5 Å². The lowest BCUT2D eigenvalue weighted by Gasteiger charge is -2.34. The highest BCUT2D eigenvalue weighted by molar-refractivity contribution is 5.97. The number of nitrogens with zero attached hydrogens (tertiary/aromatic N) is 4. The van der Waals surface area contributed by atoms with Gasteiger partial charge in [-0.15, -0.1) is 0 Å². The first-order valence-electron chi connectivity index (χ1n) is 11.4. The van der Waals surface area contributed by atoms with Crippen LogP contribution in [0.4, 0.5) is 0 Å². The van der Waals surface area contributed by atoms with Gasteiger partial charge in [-0.1, -0.05) is 17.3 Å². The molecule has 0 radical (unpaired) electrons. The van der Waals surface area contributed by atoms with Gasteiger partial charge in [-0.05, 0) is 55.7 Å². The van der Waals surface area contributed by atoms with Crippen molar-refractivity contribution in [2.24, 2.45) is 0 Å². The number of hydrogen-bond acceptors (Lipinski definition) is 7. The monoisotopic (exact) mass is 448 g/mol. The lowest BCUT2D eigenvalue weighted by Crippen LogP contribution is -2.48. The van der Waals surface area contributed by atoms with Crippen LogP contribution in [0.5, 0.6) is 11.5 Å². The summed E-state index contributed by atoms with van der Waals surface area (Å²) >= 11 is 0. The van der Waals surface area contributed by atoms with Gasteiger partial charge < -0.3 is 18.9 Å². The third kappa shape index (κ3) is 4.85. The third-order valence-corrected chi connectivity index (χ3v) is 6.30. The number of carbonyl (C=O) groups is 1. The molecule has 0 unspecified atom stereocenters. The summed E-state index contributed by atoms with van der Waals surface area (Å²) in [7, 11) is 1.64. The average molecular weight is 449 g/mol. The van der Waals surface area contributed by atoms with E-state index in [1.54, 1.807) is 7.11 Å². The first kappa shape index (κ1) is 21.5. The Hall–Kier alpha value is -3.39. The number of para-hydroxylation sites is 1. The van der Waals surface area contributed by atoms with E-state index in [-0.39, 0.29) is 12.0 Å². The summed E-state index contributed by atoms with van der Waals surface area (Å²) in [6.07, 6.45) is 3.58. The number of benzene rings is 2. The van der Waals surface area contributed by atoms with E-state index >= 15 is 0 Å². The molecule has 1 saturated carbocycles. The summed E-state index contributed by atoms with van der Waals surface area (Å²) in [5.74, 6) is 2.65. The molecule has 2 fully saturated rings. The quantitative estimate of drug-likeness (QED) is 0.546. The van der Waals surface area contributed by atoms with Crippen LogP contribution < -0.4 is 9.47 Å². The van der Waals surface area contributed by atoms with Crippen molar-refractivity contribution in [1.82, 2.24) is 19.9 Å². The van der Waals surface area contributed by atoms with Gasteiger partial charge in [0.15, 0.2) is 0 Å². The van der Waals surface area contributed by atoms with Crippen LogP contribution >= 0.6 is 0 Å². The van der Waals surface area contributed by atoms with Crippen LogP contribution in [0, 0.1) is 0 Å². The van der Waals surface area contributed by atoms with Gasteiger partial charge in [0.05, 0.1) is 25.3 Å². The summed E-state index contributed by atoms with van der Waals surface area (Å²) in [5.41, 5.74) is 1.53. The molecule has 5 rings (SSSR count). The highest BCUT2D eigenvalue weighted by atomic mass is 16.5. The number of ether oxygens (including phenoxy) is 2. The Balaban J connectivity index is 1.16. The summed E-state index contributed by atoms with van der Waals surface area (Å²) in [6, 6.07) is 15.1. The predicted octanol–water partition coefficient (Wildman–Crippen LogP) is 3.63. The lowest BCUT2D eigenvalue weighted by molar-refractivity contribution is 0.0601. The van der Waals surface area contributed by atoms with Gasteiger partial charge >= 0.3 is 0 Å². The molecule has 0 N–H and O–H groups in total. The van der Waals surface area contributed by atoms with Crippen LogP contribution in [0.1, 0.15) is 35.5 Å². The predicted molar refractivity (Wildman–Crippen MR) is 122 cm³/mol. The molecule has 1 aliphatic heterocycles. The Kier molecular flexibility index (Phi) is 6.26. The van der Waals surface area contributed by atoms with Gasteiger partial charge in [-0.3, -0.25) is 9.69 Å². The number of piperazine rings is 1. The molecule has 1 saturated heterocycles. The zero-order chi connectivity index (χ0) is 22.6. The SMILES string of the molecule is COc1ccc(-c2noc(CN3CCN(C(=O)c4ccccc4OC4CCC4)CC3)n2)cc1. The molecule has 1 aromatic heterocycles. The number of aromatic nitrogens is 2. The van der Waals surface area contributed by atoms with Crippen LogP contribution in [0.3, 0.4) is 0 Å². The van der Waals surface area contributed by atoms with Crippen molar-refractivity contribution in [2.75, 3.05) is 33.3 Å². The van der Waals surface area contributed by atoms with Gasteiger partial charge in [-0.25, -0.2) is 0 Å². The maximum atomic E-state index is 13.2.